The lowest BCUT2D eigenvalue weighted by Crippen LogP contribution is -2.30. The van der Waals surface area contributed by atoms with Crippen LogP contribution in [0.5, 0.6) is 0 Å². The molecule has 0 saturated carbocycles. The first-order valence-corrected chi connectivity index (χ1v) is 7.68. The van der Waals surface area contributed by atoms with Crippen LogP contribution >= 0.6 is 23.2 Å². The van der Waals surface area contributed by atoms with Crippen LogP contribution in [0.15, 0.2) is 48.5 Å². The molecule has 20 heavy (non-hydrogen) atoms. The third kappa shape index (κ3) is 3.68. The van der Waals surface area contributed by atoms with Gasteiger partial charge in [0.25, 0.3) is 0 Å². The van der Waals surface area contributed by atoms with Crippen LogP contribution in [-0.2, 0) is 12.4 Å². The molecule has 1 nitrogen and oxygen atoms in total. The molecule has 0 spiro atoms. The van der Waals surface area contributed by atoms with Gasteiger partial charge in [-0.25, -0.2) is 0 Å². The van der Waals surface area contributed by atoms with Crippen molar-refractivity contribution in [3.63, 3.8) is 0 Å². The van der Waals surface area contributed by atoms with E-state index in [9.17, 15) is 0 Å². The van der Waals surface area contributed by atoms with Gasteiger partial charge in [0.1, 0.15) is 0 Å². The Morgan fingerprint density at radius 2 is 1.70 bits per heavy atom. The fourth-order valence-electron chi connectivity index (χ4n) is 2.19. The highest BCUT2D eigenvalue weighted by molar-refractivity contribution is 6.33. The molecule has 0 radical (unpaired) electrons. The second kappa shape index (κ2) is 7.01. The third-order valence-corrected chi connectivity index (χ3v) is 3.91. The van der Waals surface area contributed by atoms with Crippen LogP contribution in [0.1, 0.15) is 25.0 Å². The fraction of sp³-hybridized carbons (Fsp3) is 0.294. The Hall–Kier alpha value is -1.18. The summed E-state index contributed by atoms with van der Waals surface area (Å²) < 4.78 is 0. The molecule has 0 aliphatic heterocycles. The lowest BCUT2D eigenvalue weighted by molar-refractivity contribution is 0.682. The van der Waals surface area contributed by atoms with Gasteiger partial charge in [-0.2, -0.15) is 0 Å². The van der Waals surface area contributed by atoms with E-state index in [1.807, 2.05) is 18.2 Å². The smallest absolute Gasteiger partial charge is 0.0642 e. The summed E-state index contributed by atoms with van der Waals surface area (Å²) >= 11 is 12.3. The van der Waals surface area contributed by atoms with Crippen LogP contribution in [-0.4, -0.2) is 6.04 Å². The maximum atomic E-state index is 6.41. The van der Waals surface area contributed by atoms with Crippen molar-refractivity contribution in [2.75, 3.05) is 4.90 Å². The first-order valence-electron chi connectivity index (χ1n) is 6.76. The molecular weight excluding hydrogens is 289 g/mol. The molecule has 0 saturated heterocycles. The number of alkyl halides is 1. The van der Waals surface area contributed by atoms with Crippen LogP contribution in [0.4, 0.5) is 5.69 Å². The molecule has 2 aromatic rings. The summed E-state index contributed by atoms with van der Waals surface area (Å²) in [6, 6.07) is 16.8. The number of anilines is 1. The SMILES string of the molecule is CC(C)N(Cc1ccccc1)c1ccc(CCl)cc1Cl. The number of hydrogen-bond donors (Lipinski definition) is 0. The average molecular weight is 308 g/mol. The van der Waals surface area contributed by atoms with E-state index in [2.05, 4.69) is 49.1 Å². The van der Waals surface area contributed by atoms with Crippen molar-refractivity contribution in [3.8, 4) is 0 Å². The molecule has 0 aliphatic rings. The van der Waals surface area contributed by atoms with E-state index in [0.29, 0.717) is 11.9 Å². The predicted molar refractivity (Wildman–Crippen MR) is 88.8 cm³/mol. The van der Waals surface area contributed by atoms with Crippen LogP contribution in [0.25, 0.3) is 0 Å². The number of benzene rings is 2. The van der Waals surface area contributed by atoms with E-state index in [0.717, 1.165) is 22.8 Å². The molecule has 2 rings (SSSR count). The number of nitrogens with zero attached hydrogens (tertiary/aromatic N) is 1. The molecule has 0 heterocycles. The summed E-state index contributed by atoms with van der Waals surface area (Å²) in [6.07, 6.45) is 0. The Labute approximate surface area is 131 Å². The highest BCUT2D eigenvalue weighted by Crippen LogP contribution is 2.30. The largest absolute Gasteiger partial charge is 0.364 e. The number of rotatable bonds is 5. The molecule has 2 aromatic carbocycles. The molecule has 0 amide bonds. The van der Waals surface area contributed by atoms with E-state index < -0.39 is 0 Å². The van der Waals surface area contributed by atoms with Gasteiger partial charge in [-0.15, -0.1) is 11.6 Å². The first kappa shape index (κ1) is 15.2. The van der Waals surface area contributed by atoms with Crippen LogP contribution in [0, 0.1) is 0 Å². The first-order chi connectivity index (χ1) is 9.61. The van der Waals surface area contributed by atoms with Gasteiger partial charge in [-0.1, -0.05) is 48.0 Å². The average Bonchev–Trinajstić information content (AvgIpc) is 2.46. The topological polar surface area (TPSA) is 3.24 Å². The molecule has 106 valence electrons. The Bertz CT molecular complexity index is 552. The quantitative estimate of drug-likeness (QED) is 0.660. The van der Waals surface area contributed by atoms with Crippen molar-refractivity contribution < 1.29 is 0 Å². The zero-order valence-corrected chi connectivity index (χ0v) is 13.3. The molecule has 0 aliphatic carbocycles. The Morgan fingerprint density at radius 3 is 2.25 bits per heavy atom. The lowest BCUT2D eigenvalue weighted by Gasteiger charge is -2.30. The van der Waals surface area contributed by atoms with E-state index in [1.165, 1.54) is 5.56 Å². The van der Waals surface area contributed by atoms with Crippen molar-refractivity contribution in [2.45, 2.75) is 32.3 Å². The molecule has 0 N–H and O–H groups in total. The molecular formula is C17H19Cl2N. The third-order valence-electron chi connectivity index (χ3n) is 3.29. The Kier molecular flexibility index (Phi) is 5.33. The van der Waals surface area contributed by atoms with E-state index in [-0.39, 0.29) is 0 Å². The lowest BCUT2D eigenvalue weighted by atomic mass is 10.1. The maximum absolute atomic E-state index is 6.41. The second-order valence-electron chi connectivity index (χ2n) is 5.13. The summed E-state index contributed by atoms with van der Waals surface area (Å²) in [5, 5.41) is 0.757. The zero-order chi connectivity index (χ0) is 14.5. The van der Waals surface area contributed by atoms with Gasteiger partial charge >= 0.3 is 0 Å². The van der Waals surface area contributed by atoms with Crippen LogP contribution < -0.4 is 4.90 Å². The Morgan fingerprint density at radius 1 is 1.00 bits per heavy atom. The van der Waals surface area contributed by atoms with Crippen molar-refractivity contribution in [3.05, 3.63) is 64.7 Å². The van der Waals surface area contributed by atoms with Gasteiger partial charge in [0.2, 0.25) is 0 Å². The highest BCUT2D eigenvalue weighted by atomic mass is 35.5. The molecule has 0 aromatic heterocycles. The van der Waals surface area contributed by atoms with Crippen molar-refractivity contribution in [1.29, 1.82) is 0 Å². The standard InChI is InChI=1S/C17H19Cl2N/c1-13(2)20(12-14-6-4-3-5-7-14)17-9-8-15(11-18)10-16(17)19/h3-10,13H,11-12H2,1-2H3. The number of halogens is 2. The molecule has 0 atom stereocenters. The van der Waals surface area contributed by atoms with Gasteiger partial charge in [0.15, 0.2) is 0 Å². The highest BCUT2D eigenvalue weighted by Gasteiger charge is 2.14. The van der Waals surface area contributed by atoms with Gasteiger partial charge in [-0.05, 0) is 37.1 Å². The molecule has 0 fully saturated rings. The van der Waals surface area contributed by atoms with Crippen LogP contribution in [0.2, 0.25) is 5.02 Å². The normalized spacial score (nSPS) is 10.8. The van der Waals surface area contributed by atoms with Crippen molar-refractivity contribution in [2.24, 2.45) is 0 Å². The van der Waals surface area contributed by atoms with Gasteiger partial charge in [-0.3, -0.25) is 0 Å². The second-order valence-corrected chi connectivity index (χ2v) is 5.80. The van der Waals surface area contributed by atoms with Crippen LogP contribution in [0.3, 0.4) is 0 Å². The zero-order valence-electron chi connectivity index (χ0n) is 11.8. The molecule has 3 heteroatoms. The molecule has 0 unspecified atom stereocenters. The van der Waals surface area contributed by atoms with Gasteiger partial charge < -0.3 is 4.90 Å². The van der Waals surface area contributed by atoms with Crippen molar-refractivity contribution >= 4 is 28.9 Å². The maximum Gasteiger partial charge on any atom is 0.0642 e. The van der Waals surface area contributed by atoms with E-state index >= 15 is 0 Å². The minimum atomic E-state index is 0.370. The number of hydrogen-bond acceptors (Lipinski definition) is 1. The van der Waals surface area contributed by atoms with Crippen molar-refractivity contribution in [1.82, 2.24) is 0 Å². The minimum absolute atomic E-state index is 0.370. The van der Waals surface area contributed by atoms with E-state index in [1.54, 1.807) is 0 Å². The summed E-state index contributed by atoms with van der Waals surface area (Å²) in [5.41, 5.74) is 3.38. The molecule has 0 bridgehead atoms. The monoisotopic (exact) mass is 307 g/mol. The summed E-state index contributed by atoms with van der Waals surface area (Å²) in [4.78, 5) is 2.30. The van der Waals surface area contributed by atoms with Gasteiger partial charge in [0, 0.05) is 18.5 Å². The van der Waals surface area contributed by atoms with E-state index in [4.69, 9.17) is 23.2 Å². The predicted octanol–water partition coefficient (Wildman–Crippen LogP) is 5.49. The fourth-order valence-corrected chi connectivity index (χ4v) is 2.67. The summed E-state index contributed by atoms with van der Waals surface area (Å²) in [5.74, 6) is 0.486. The summed E-state index contributed by atoms with van der Waals surface area (Å²) in [7, 11) is 0. The Balaban J connectivity index is 2.29. The minimum Gasteiger partial charge on any atom is -0.364 e. The summed E-state index contributed by atoms with van der Waals surface area (Å²) in [6.45, 7) is 5.20. The van der Waals surface area contributed by atoms with Gasteiger partial charge in [0.05, 0.1) is 10.7 Å².